The molecule has 2 rings (SSSR count). The van der Waals surface area contributed by atoms with Crippen LogP contribution in [0.4, 0.5) is 13.2 Å². The molecule has 2 nitrogen and oxygen atoms in total. The molecule has 0 bridgehead atoms. The van der Waals surface area contributed by atoms with E-state index >= 15 is 0 Å². The minimum absolute atomic E-state index is 0.324. The first kappa shape index (κ1) is 16.4. The Labute approximate surface area is 127 Å². The third kappa shape index (κ3) is 4.49. The van der Waals surface area contributed by atoms with Gasteiger partial charge in [0.1, 0.15) is 12.3 Å². The second-order valence-corrected chi connectivity index (χ2v) is 5.03. The van der Waals surface area contributed by atoms with Gasteiger partial charge in [0.25, 0.3) is 0 Å². The van der Waals surface area contributed by atoms with Gasteiger partial charge in [-0.2, -0.15) is 13.2 Å². The van der Waals surface area contributed by atoms with Crippen LogP contribution in [0.3, 0.4) is 0 Å². The fourth-order valence-electron chi connectivity index (χ4n) is 2.29. The molecule has 0 atom stereocenters. The summed E-state index contributed by atoms with van der Waals surface area (Å²) < 4.78 is 43.7. The van der Waals surface area contributed by atoms with Crippen LogP contribution in [0.2, 0.25) is 0 Å². The zero-order chi connectivity index (χ0) is 16.0. The molecule has 118 valence electrons. The molecule has 2 aromatic carbocycles. The Morgan fingerprint density at radius 1 is 1.00 bits per heavy atom. The van der Waals surface area contributed by atoms with Crippen LogP contribution in [0.15, 0.2) is 48.5 Å². The largest absolute Gasteiger partial charge is 0.497 e. The van der Waals surface area contributed by atoms with E-state index in [1.807, 2.05) is 29.6 Å². The Balaban J connectivity index is 1.86. The molecule has 0 amide bonds. The quantitative estimate of drug-likeness (QED) is 0.816. The van der Waals surface area contributed by atoms with Gasteiger partial charge in [-0.25, -0.2) is 0 Å². The topological polar surface area (TPSA) is 25.8 Å². The lowest BCUT2D eigenvalue weighted by atomic mass is 10.1. The van der Waals surface area contributed by atoms with Crippen molar-refractivity contribution in [3.05, 3.63) is 65.2 Å². The minimum Gasteiger partial charge on any atom is -0.497 e. The number of benzene rings is 2. The van der Waals surface area contributed by atoms with Gasteiger partial charge in [0.15, 0.2) is 0 Å². The van der Waals surface area contributed by atoms with Crippen molar-refractivity contribution in [2.24, 2.45) is 0 Å². The van der Waals surface area contributed by atoms with Crippen molar-refractivity contribution in [3.8, 4) is 5.75 Å². The molecule has 0 saturated carbocycles. The van der Waals surface area contributed by atoms with Gasteiger partial charge in [0.05, 0.1) is 19.2 Å². The van der Waals surface area contributed by atoms with Gasteiger partial charge in [0.2, 0.25) is 0 Å². The van der Waals surface area contributed by atoms with E-state index in [1.165, 1.54) is 12.1 Å². The summed E-state index contributed by atoms with van der Waals surface area (Å²) in [4.78, 5) is 0. The highest BCUT2D eigenvalue weighted by atomic mass is 19.4. The van der Waals surface area contributed by atoms with Crippen LogP contribution in [0.1, 0.15) is 16.7 Å². The molecule has 0 saturated heterocycles. The number of alkyl halides is 3. The monoisotopic (exact) mass is 310 g/mol. The number of hydrogen-bond donors (Lipinski definition) is 1. The summed E-state index contributed by atoms with van der Waals surface area (Å²) in [6.45, 7) is 1.06. The molecular formula is C17H19F3NO+. The number of rotatable bonds is 6. The third-order valence-electron chi connectivity index (χ3n) is 3.48. The molecule has 0 aliphatic carbocycles. The SMILES string of the molecule is COc1ccc(CC[NH2+]Cc2ccccc2C(F)(F)F)cc1. The summed E-state index contributed by atoms with van der Waals surface area (Å²) in [5.74, 6) is 0.798. The second kappa shape index (κ2) is 7.31. The number of quaternary nitrogens is 1. The highest BCUT2D eigenvalue weighted by molar-refractivity contribution is 5.29. The summed E-state index contributed by atoms with van der Waals surface area (Å²) in [6, 6.07) is 13.4. The highest BCUT2D eigenvalue weighted by Crippen LogP contribution is 2.31. The zero-order valence-corrected chi connectivity index (χ0v) is 12.4. The molecule has 0 unspecified atom stereocenters. The zero-order valence-electron chi connectivity index (χ0n) is 12.4. The third-order valence-corrected chi connectivity index (χ3v) is 3.48. The Bertz CT molecular complexity index is 594. The first-order valence-electron chi connectivity index (χ1n) is 7.10. The van der Waals surface area contributed by atoms with E-state index in [9.17, 15) is 13.2 Å². The molecule has 0 aromatic heterocycles. The van der Waals surface area contributed by atoms with Crippen LogP contribution >= 0.6 is 0 Å². The number of hydrogen-bond acceptors (Lipinski definition) is 1. The lowest BCUT2D eigenvalue weighted by Gasteiger charge is -2.11. The van der Waals surface area contributed by atoms with Gasteiger partial charge in [0, 0.05) is 12.0 Å². The van der Waals surface area contributed by atoms with Crippen LogP contribution in [0, 0.1) is 0 Å². The molecule has 0 aliphatic heterocycles. The molecule has 0 radical (unpaired) electrons. The fraction of sp³-hybridized carbons (Fsp3) is 0.294. The van der Waals surface area contributed by atoms with Gasteiger partial charge >= 0.3 is 6.18 Å². The maximum absolute atomic E-state index is 12.9. The van der Waals surface area contributed by atoms with Gasteiger partial charge in [-0.3, -0.25) is 0 Å². The molecule has 2 aromatic rings. The van der Waals surface area contributed by atoms with Crippen LogP contribution in [0.5, 0.6) is 5.75 Å². The van der Waals surface area contributed by atoms with E-state index in [4.69, 9.17) is 4.74 Å². The number of ether oxygens (including phenoxy) is 1. The molecular weight excluding hydrogens is 291 g/mol. The number of methoxy groups -OCH3 is 1. The van der Waals surface area contributed by atoms with E-state index < -0.39 is 11.7 Å². The van der Waals surface area contributed by atoms with Gasteiger partial charge in [-0.05, 0) is 23.8 Å². The van der Waals surface area contributed by atoms with Crippen molar-refractivity contribution in [2.45, 2.75) is 19.1 Å². The summed E-state index contributed by atoms with van der Waals surface area (Å²) in [5, 5.41) is 1.90. The van der Waals surface area contributed by atoms with E-state index in [2.05, 4.69) is 0 Å². The van der Waals surface area contributed by atoms with Gasteiger partial charge in [-0.15, -0.1) is 0 Å². The number of halogens is 3. The Morgan fingerprint density at radius 3 is 2.32 bits per heavy atom. The lowest BCUT2D eigenvalue weighted by molar-refractivity contribution is -0.670. The van der Waals surface area contributed by atoms with Crippen LogP contribution < -0.4 is 10.1 Å². The van der Waals surface area contributed by atoms with Crippen molar-refractivity contribution in [3.63, 3.8) is 0 Å². The van der Waals surface area contributed by atoms with Crippen LogP contribution in [0.25, 0.3) is 0 Å². The van der Waals surface area contributed by atoms with Crippen molar-refractivity contribution in [2.75, 3.05) is 13.7 Å². The van der Waals surface area contributed by atoms with Crippen molar-refractivity contribution >= 4 is 0 Å². The summed E-state index contributed by atoms with van der Waals surface area (Å²) in [6.07, 6.45) is -3.49. The molecule has 0 spiro atoms. The van der Waals surface area contributed by atoms with Crippen LogP contribution in [-0.4, -0.2) is 13.7 Å². The Hall–Kier alpha value is -2.01. The smallest absolute Gasteiger partial charge is 0.416 e. The second-order valence-electron chi connectivity index (χ2n) is 5.03. The van der Waals surface area contributed by atoms with Crippen molar-refractivity contribution in [1.29, 1.82) is 0 Å². The van der Waals surface area contributed by atoms with Crippen LogP contribution in [-0.2, 0) is 19.1 Å². The van der Waals surface area contributed by atoms with Crippen molar-refractivity contribution in [1.82, 2.24) is 0 Å². The van der Waals surface area contributed by atoms with Crippen molar-refractivity contribution < 1.29 is 23.2 Å². The maximum atomic E-state index is 12.9. The standard InChI is InChI=1S/C17H18F3NO/c1-22-15-8-6-13(7-9-15)10-11-21-12-14-4-2-3-5-16(14)17(18,19)20/h2-9,21H,10-12H2,1H3/p+1. The lowest BCUT2D eigenvalue weighted by Crippen LogP contribution is -2.83. The molecule has 2 N–H and O–H groups in total. The Morgan fingerprint density at radius 2 is 1.68 bits per heavy atom. The summed E-state index contributed by atoms with van der Waals surface area (Å²) in [5.41, 5.74) is 0.918. The average molecular weight is 310 g/mol. The van der Waals surface area contributed by atoms with E-state index in [0.717, 1.165) is 30.3 Å². The molecule has 0 fully saturated rings. The Kier molecular flexibility index (Phi) is 5.44. The first-order chi connectivity index (χ1) is 10.5. The number of nitrogens with two attached hydrogens (primary N) is 1. The average Bonchev–Trinajstić information content (AvgIpc) is 2.51. The highest BCUT2D eigenvalue weighted by Gasteiger charge is 2.33. The van der Waals surface area contributed by atoms with E-state index in [-0.39, 0.29) is 0 Å². The minimum atomic E-state index is -4.29. The predicted octanol–water partition coefficient (Wildman–Crippen LogP) is 3.02. The first-order valence-corrected chi connectivity index (χ1v) is 7.10. The molecule has 0 heterocycles. The van der Waals surface area contributed by atoms with Gasteiger partial charge in [-0.1, -0.05) is 30.3 Å². The summed E-state index contributed by atoms with van der Waals surface area (Å²) >= 11 is 0. The van der Waals surface area contributed by atoms with Gasteiger partial charge < -0.3 is 10.1 Å². The van der Waals surface area contributed by atoms with E-state index in [0.29, 0.717) is 12.1 Å². The predicted molar refractivity (Wildman–Crippen MR) is 78.6 cm³/mol. The molecule has 0 aliphatic rings. The van der Waals surface area contributed by atoms with E-state index in [1.54, 1.807) is 13.2 Å². The fourth-order valence-corrected chi connectivity index (χ4v) is 2.29. The summed E-state index contributed by atoms with van der Waals surface area (Å²) in [7, 11) is 1.61. The normalized spacial score (nSPS) is 11.5. The molecule has 5 heteroatoms. The maximum Gasteiger partial charge on any atom is 0.416 e. The molecule has 22 heavy (non-hydrogen) atoms.